The van der Waals surface area contributed by atoms with Gasteiger partial charge in [-0.1, -0.05) is 36.2 Å². The zero-order chi connectivity index (χ0) is 19.6. The minimum absolute atomic E-state index is 0.845. The van der Waals surface area contributed by atoms with Gasteiger partial charge in [0.05, 0.1) is 5.69 Å². The quantitative estimate of drug-likeness (QED) is 0.770. The van der Waals surface area contributed by atoms with E-state index in [-0.39, 0.29) is 0 Å². The molecule has 1 saturated carbocycles. The number of anilines is 1. The largest absolute Gasteiger partial charge is 0.354 e. The van der Waals surface area contributed by atoms with Crippen molar-refractivity contribution >= 4 is 17.4 Å². The molecule has 29 heavy (non-hydrogen) atoms. The van der Waals surface area contributed by atoms with Gasteiger partial charge in [-0.25, -0.2) is 9.97 Å². The highest BCUT2D eigenvalue weighted by Crippen LogP contribution is 2.29. The normalized spacial score (nSPS) is 21.5. The van der Waals surface area contributed by atoms with Crippen molar-refractivity contribution < 1.29 is 0 Å². The van der Waals surface area contributed by atoms with Crippen LogP contribution in [0, 0.1) is 0 Å². The van der Waals surface area contributed by atoms with Crippen LogP contribution in [-0.4, -0.2) is 65.1 Å². The molecule has 0 amide bonds. The number of hydrogen-bond donors (Lipinski definition) is 0. The Balaban J connectivity index is 1.26. The van der Waals surface area contributed by atoms with E-state index in [2.05, 4.69) is 31.8 Å². The van der Waals surface area contributed by atoms with Gasteiger partial charge < -0.3 is 4.90 Å². The highest BCUT2D eigenvalue weighted by Gasteiger charge is 2.29. The number of aromatic nitrogens is 2. The van der Waals surface area contributed by atoms with Crippen molar-refractivity contribution in [2.45, 2.75) is 44.7 Å². The van der Waals surface area contributed by atoms with Crippen LogP contribution in [0.1, 0.15) is 36.1 Å². The van der Waals surface area contributed by atoms with Crippen LogP contribution in [0.5, 0.6) is 0 Å². The van der Waals surface area contributed by atoms with Gasteiger partial charge in [-0.05, 0) is 30.9 Å². The summed E-state index contributed by atoms with van der Waals surface area (Å²) in [6, 6.07) is 9.03. The molecule has 2 fully saturated rings. The maximum atomic E-state index is 6.39. The van der Waals surface area contributed by atoms with Crippen LogP contribution in [0.2, 0.25) is 5.02 Å². The monoisotopic (exact) mass is 411 g/mol. The van der Waals surface area contributed by atoms with E-state index in [1.54, 1.807) is 6.33 Å². The molecule has 1 aliphatic carbocycles. The molecule has 0 atom stereocenters. The summed E-state index contributed by atoms with van der Waals surface area (Å²) in [7, 11) is 0. The molecule has 1 aromatic carbocycles. The van der Waals surface area contributed by atoms with E-state index >= 15 is 0 Å². The first-order valence-electron chi connectivity index (χ1n) is 11.1. The van der Waals surface area contributed by atoms with E-state index in [4.69, 9.17) is 16.6 Å². The second-order valence-corrected chi connectivity index (χ2v) is 9.01. The number of halogens is 1. The minimum Gasteiger partial charge on any atom is -0.354 e. The number of nitrogens with zero attached hydrogens (tertiary/aromatic N) is 5. The molecular formula is C23H30ClN5. The summed E-state index contributed by atoms with van der Waals surface area (Å²) in [4.78, 5) is 17.1. The van der Waals surface area contributed by atoms with Gasteiger partial charge in [0.15, 0.2) is 0 Å². The van der Waals surface area contributed by atoms with E-state index in [9.17, 15) is 0 Å². The van der Waals surface area contributed by atoms with Crippen LogP contribution in [0.15, 0.2) is 30.6 Å². The first-order chi connectivity index (χ1) is 14.3. The molecule has 0 radical (unpaired) electrons. The second-order valence-electron chi connectivity index (χ2n) is 8.60. The lowest BCUT2D eigenvalue weighted by atomic mass is 9.91. The van der Waals surface area contributed by atoms with Gasteiger partial charge in [0, 0.05) is 68.9 Å². The molecular weight excluding hydrogens is 382 g/mol. The average molecular weight is 412 g/mol. The lowest BCUT2D eigenvalue weighted by Gasteiger charge is -2.43. The Hall–Kier alpha value is -1.69. The molecule has 3 heterocycles. The van der Waals surface area contributed by atoms with Crippen LogP contribution >= 0.6 is 11.6 Å². The van der Waals surface area contributed by atoms with Crippen LogP contribution in [0.3, 0.4) is 0 Å². The standard InChI is InChI=1S/C23H30ClN5/c24-21-7-2-1-4-18(21)16-27-10-8-20-22(9-11-27)25-17-26-23(20)29-14-12-28(13-15-29)19-5-3-6-19/h1-2,4,7,17,19H,3,5-6,8-16H2. The Bertz CT molecular complexity index is 845. The van der Waals surface area contributed by atoms with Crippen molar-refractivity contribution in [3.63, 3.8) is 0 Å². The predicted molar refractivity (Wildman–Crippen MR) is 118 cm³/mol. The Morgan fingerprint density at radius 3 is 2.48 bits per heavy atom. The summed E-state index contributed by atoms with van der Waals surface area (Å²) >= 11 is 6.39. The van der Waals surface area contributed by atoms with Crippen molar-refractivity contribution in [2.75, 3.05) is 44.2 Å². The highest BCUT2D eigenvalue weighted by atomic mass is 35.5. The number of rotatable bonds is 4. The second kappa shape index (κ2) is 8.58. The number of hydrogen-bond acceptors (Lipinski definition) is 5. The van der Waals surface area contributed by atoms with Crippen molar-refractivity contribution in [1.29, 1.82) is 0 Å². The third-order valence-corrected chi connectivity index (χ3v) is 7.28. The Morgan fingerprint density at radius 2 is 1.72 bits per heavy atom. The number of piperazine rings is 1. The Labute approximate surface area is 178 Å². The molecule has 1 saturated heterocycles. The third-order valence-electron chi connectivity index (χ3n) is 6.91. The van der Waals surface area contributed by atoms with Gasteiger partial charge in [0.2, 0.25) is 0 Å². The number of benzene rings is 1. The van der Waals surface area contributed by atoms with Gasteiger partial charge >= 0.3 is 0 Å². The van der Waals surface area contributed by atoms with Gasteiger partial charge in [0.25, 0.3) is 0 Å². The zero-order valence-electron chi connectivity index (χ0n) is 17.1. The molecule has 154 valence electrons. The first kappa shape index (κ1) is 19.3. The fourth-order valence-corrected chi connectivity index (χ4v) is 5.10. The smallest absolute Gasteiger partial charge is 0.135 e. The molecule has 3 aliphatic rings. The van der Waals surface area contributed by atoms with Gasteiger partial charge in [0.1, 0.15) is 12.1 Å². The van der Waals surface area contributed by atoms with Gasteiger partial charge in [-0.3, -0.25) is 9.80 Å². The summed E-state index contributed by atoms with van der Waals surface area (Å²) in [5.41, 5.74) is 3.81. The molecule has 0 N–H and O–H groups in total. The lowest BCUT2D eigenvalue weighted by molar-refractivity contribution is 0.120. The predicted octanol–water partition coefficient (Wildman–Crippen LogP) is 3.41. The first-order valence-corrected chi connectivity index (χ1v) is 11.4. The Morgan fingerprint density at radius 1 is 0.931 bits per heavy atom. The summed E-state index contributed by atoms with van der Waals surface area (Å²) in [6.07, 6.45) is 7.97. The molecule has 2 aromatic rings. The summed E-state index contributed by atoms with van der Waals surface area (Å²) in [5.74, 6) is 1.18. The molecule has 1 aromatic heterocycles. The maximum Gasteiger partial charge on any atom is 0.135 e. The molecule has 6 heteroatoms. The van der Waals surface area contributed by atoms with Crippen LogP contribution < -0.4 is 4.90 Å². The number of fused-ring (bicyclic) bond motifs is 1. The SMILES string of the molecule is Clc1ccccc1CN1CCc2ncnc(N3CCN(C4CCC4)CC3)c2CC1. The van der Waals surface area contributed by atoms with Gasteiger partial charge in [-0.2, -0.15) is 0 Å². The minimum atomic E-state index is 0.845. The van der Waals surface area contributed by atoms with Crippen LogP contribution in [0.25, 0.3) is 0 Å². The van der Waals surface area contributed by atoms with E-state index in [0.29, 0.717) is 0 Å². The molecule has 5 nitrogen and oxygen atoms in total. The topological polar surface area (TPSA) is 35.5 Å². The lowest BCUT2D eigenvalue weighted by Crippen LogP contribution is -2.52. The van der Waals surface area contributed by atoms with Crippen molar-refractivity contribution in [3.05, 3.63) is 52.4 Å². The van der Waals surface area contributed by atoms with Gasteiger partial charge in [-0.15, -0.1) is 0 Å². The van der Waals surface area contributed by atoms with Crippen molar-refractivity contribution in [3.8, 4) is 0 Å². The van der Waals surface area contributed by atoms with E-state index in [1.165, 1.54) is 55.0 Å². The Kier molecular flexibility index (Phi) is 5.71. The van der Waals surface area contributed by atoms with Crippen molar-refractivity contribution in [2.24, 2.45) is 0 Å². The average Bonchev–Trinajstić information content (AvgIpc) is 2.92. The fraction of sp³-hybridized carbons (Fsp3) is 0.565. The molecule has 0 unspecified atom stereocenters. The van der Waals surface area contributed by atoms with E-state index in [1.807, 2.05) is 12.1 Å². The maximum absolute atomic E-state index is 6.39. The summed E-state index contributed by atoms with van der Waals surface area (Å²) < 4.78 is 0. The van der Waals surface area contributed by atoms with Crippen LogP contribution in [-0.2, 0) is 19.4 Å². The zero-order valence-corrected chi connectivity index (χ0v) is 17.8. The molecule has 0 bridgehead atoms. The highest BCUT2D eigenvalue weighted by molar-refractivity contribution is 6.31. The molecule has 2 aliphatic heterocycles. The fourth-order valence-electron chi connectivity index (χ4n) is 4.90. The van der Waals surface area contributed by atoms with E-state index in [0.717, 1.165) is 56.6 Å². The third kappa shape index (κ3) is 4.14. The molecule has 0 spiro atoms. The van der Waals surface area contributed by atoms with E-state index < -0.39 is 0 Å². The van der Waals surface area contributed by atoms with Crippen LogP contribution in [0.4, 0.5) is 5.82 Å². The summed E-state index contributed by atoms with van der Waals surface area (Å²) in [6.45, 7) is 7.46. The summed E-state index contributed by atoms with van der Waals surface area (Å²) in [5, 5.41) is 0.860. The van der Waals surface area contributed by atoms with Crippen molar-refractivity contribution in [1.82, 2.24) is 19.8 Å². The molecule has 5 rings (SSSR count).